The highest BCUT2D eigenvalue weighted by atomic mass is 35.5. The lowest BCUT2D eigenvalue weighted by molar-refractivity contribution is -0.121. The first-order valence-electron chi connectivity index (χ1n) is 6.33. The molecule has 0 bridgehead atoms. The maximum atomic E-state index is 12.2. The molecule has 0 aromatic heterocycles. The Morgan fingerprint density at radius 2 is 1.84 bits per heavy atom. The van der Waals surface area contributed by atoms with Gasteiger partial charge in [-0.2, -0.15) is 0 Å². The van der Waals surface area contributed by atoms with E-state index in [4.69, 9.17) is 11.6 Å². The molecule has 4 nitrogen and oxygen atoms in total. The Balaban J connectivity index is 2.74. The topological polar surface area (TPSA) is 49.4 Å². The minimum Gasteiger partial charge on any atom is -0.355 e. The van der Waals surface area contributed by atoms with E-state index in [1.807, 2.05) is 26.0 Å². The smallest absolute Gasteiger partial charge is 0.254 e. The molecular weight excluding hydrogens is 264 g/mol. The fourth-order valence-electron chi connectivity index (χ4n) is 1.67. The molecule has 1 aromatic carbocycles. The van der Waals surface area contributed by atoms with Gasteiger partial charge in [-0.25, -0.2) is 0 Å². The zero-order chi connectivity index (χ0) is 14.3. The molecule has 1 N–H and O–H groups in total. The Morgan fingerprint density at radius 1 is 1.21 bits per heavy atom. The summed E-state index contributed by atoms with van der Waals surface area (Å²) in [5.41, 5.74) is 1.53. The summed E-state index contributed by atoms with van der Waals surface area (Å²) in [5, 5.41) is 2.68. The van der Waals surface area contributed by atoms with E-state index in [1.165, 1.54) is 4.90 Å². The zero-order valence-electron chi connectivity index (χ0n) is 11.3. The van der Waals surface area contributed by atoms with Gasteiger partial charge in [0.25, 0.3) is 5.91 Å². The third-order valence-electron chi connectivity index (χ3n) is 2.73. The van der Waals surface area contributed by atoms with E-state index in [1.54, 1.807) is 12.1 Å². The maximum Gasteiger partial charge on any atom is 0.254 e. The molecule has 5 heteroatoms. The van der Waals surface area contributed by atoms with Gasteiger partial charge in [0.05, 0.1) is 6.54 Å². The number of rotatable bonds is 6. The zero-order valence-corrected chi connectivity index (χ0v) is 12.0. The highest BCUT2D eigenvalue weighted by Gasteiger charge is 2.16. The van der Waals surface area contributed by atoms with Crippen LogP contribution in [-0.2, 0) is 10.7 Å². The number of carbonyl (C=O) groups is 2. The summed E-state index contributed by atoms with van der Waals surface area (Å²) in [4.78, 5) is 25.3. The van der Waals surface area contributed by atoms with Crippen molar-refractivity contribution in [3.63, 3.8) is 0 Å². The van der Waals surface area contributed by atoms with Gasteiger partial charge in [-0.05, 0) is 31.5 Å². The first-order valence-corrected chi connectivity index (χ1v) is 6.86. The lowest BCUT2D eigenvalue weighted by Crippen LogP contribution is -2.40. The van der Waals surface area contributed by atoms with Crippen LogP contribution in [0, 0.1) is 0 Å². The number of benzene rings is 1. The van der Waals surface area contributed by atoms with Gasteiger partial charge in [0.1, 0.15) is 0 Å². The molecule has 0 atom stereocenters. The molecule has 0 unspecified atom stereocenters. The second-order valence-electron chi connectivity index (χ2n) is 4.10. The Bertz CT molecular complexity index is 432. The Hall–Kier alpha value is -1.55. The molecule has 1 aromatic rings. The summed E-state index contributed by atoms with van der Waals surface area (Å²) in [7, 11) is 0. The molecule has 0 heterocycles. The van der Waals surface area contributed by atoms with Gasteiger partial charge >= 0.3 is 0 Å². The summed E-state index contributed by atoms with van der Waals surface area (Å²) in [6, 6.07) is 7.11. The molecule has 19 heavy (non-hydrogen) atoms. The maximum absolute atomic E-state index is 12.2. The fourth-order valence-corrected chi connectivity index (χ4v) is 1.85. The molecule has 0 saturated carbocycles. The average molecular weight is 283 g/mol. The third kappa shape index (κ3) is 4.56. The minimum absolute atomic E-state index is 0.0838. The fraction of sp³-hybridized carbons (Fsp3) is 0.429. The molecule has 1 rings (SSSR count). The molecule has 0 spiro atoms. The van der Waals surface area contributed by atoms with Gasteiger partial charge in [-0.15, -0.1) is 11.6 Å². The summed E-state index contributed by atoms with van der Waals surface area (Å²) in [5.74, 6) is 0.134. The summed E-state index contributed by atoms with van der Waals surface area (Å²) < 4.78 is 0. The second-order valence-corrected chi connectivity index (χ2v) is 4.37. The molecule has 0 aliphatic heterocycles. The second kappa shape index (κ2) is 7.79. The van der Waals surface area contributed by atoms with Crippen LogP contribution in [0.5, 0.6) is 0 Å². The number of carbonyl (C=O) groups excluding carboxylic acids is 2. The van der Waals surface area contributed by atoms with Crippen LogP contribution in [-0.4, -0.2) is 36.3 Å². The largest absolute Gasteiger partial charge is 0.355 e. The van der Waals surface area contributed by atoms with Crippen molar-refractivity contribution in [1.29, 1.82) is 0 Å². The van der Waals surface area contributed by atoms with E-state index in [-0.39, 0.29) is 18.4 Å². The van der Waals surface area contributed by atoms with Crippen molar-refractivity contribution in [1.82, 2.24) is 10.2 Å². The van der Waals surface area contributed by atoms with E-state index in [0.29, 0.717) is 24.5 Å². The molecule has 0 radical (unpaired) electrons. The van der Waals surface area contributed by atoms with Crippen molar-refractivity contribution >= 4 is 23.4 Å². The summed E-state index contributed by atoms with van der Waals surface area (Å²) in [6.07, 6.45) is 0. The molecule has 104 valence electrons. The average Bonchev–Trinajstić information content (AvgIpc) is 2.44. The van der Waals surface area contributed by atoms with Crippen LogP contribution >= 0.6 is 11.6 Å². The Labute approximate surface area is 118 Å². The van der Waals surface area contributed by atoms with Crippen molar-refractivity contribution in [3.8, 4) is 0 Å². The first-order chi connectivity index (χ1) is 9.12. The van der Waals surface area contributed by atoms with Crippen LogP contribution in [0.1, 0.15) is 29.8 Å². The molecule has 0 aliphatic rings. The lowest BCUT2D eigenvalue weighted by atomic mass is 10.1. The number of nitrogens with zero attached hydrogens (tertiary/aromatic N) is 1. The molecular formula is C14H19ClN2O2. The summed E-state index contributed by atoms with van der Waals surface area (Å²) >= 11 is 5.70. The highest BCUT2D eigenvalue weighted by Crippen LogP contribution is 2.09. The van der Waals surface area contributed by atoms with Crippen molar-refractivity contribution < 1.29 is 9.59 Å². The van der Waals surface area contributed by atoms with Gasteiger partial charge in [0, 0.05) is 24.5 Å². The van der Waals surface area contributed by atoms with E-state index in [9.17, 15) is 9.59 Å². The van der Waals surface area contributed by atoms with Crippen LogP contribution in [0.2, 0.25) is 0 Å². The van der Waals surface area contributed by atoms with Gasteiger partial charge in [-0.3, -0.25) is 9.59 Å². The predicted molar refractivity (Wildman–Crippen MR) is 76.3 cm³/mol. The number of amides is 2. The quantitative estimate of drug-likeness (QED) is 0.812. The van der Waals surface area contributed by atoms with Crippen LogP contribution in [0.3, 0.4) is 0 Å². The standard InChI is InChI=1S/C14H19ClN2O2/c1-3-16-13(18)10-17(4-2)14(19)12-7-5-11(9-15)6-8-12/h5-8H,3-4,9-10H2,1-2H3,(H,16,18). The predicted octanol–water partition coefficient (Wildman–Crippen LogP) is 2.02. The number of halogens is 1. The number of likely N-dealkylation sites (N-methyl/N-ethyl adjacent to an activating group) is 2. The van der Waals surface area contributed by atoms with Gasteiger partial charge < -0.3 is 10.2 Å². The van der Waals surface area contributed by atoms with Crippen LogP contribution in [0.15, 0.2) is 24.3 Å². The van der Waals surface area contributed by atoms with Crippen molar-refractivity contribution in [2.24, 2.45) is 0 Å². The SMILES string of the molecule is CCNC(=O)CN(CC)C(=O)c1ccc(CCl)cc1. The molecule has 0 fully saturated rings. The van der Waals surface area contributed by atoms with Crippen LogP contribution < -0.4 is 5.32 Å². The van der Waals surface area contributed by atoms with E-state index < -0.39 is 0 Å². The normalized spacial score (nSPS) is 10.1. The molecule has 0 aliphatic carbocycles. The number of alkyl halides is 1. The lowest BCUT2D eigenvalue weighted by Gasteiger charge is -2.20. The summed E-state index contributed by atoms with van der Waals surface area (Å²) in [6.45, 7) is 4.84. The number of hydrogen-bond acceptors (Lipinski definition) is 2. The number of hydrogen-bond donors (Lipinski definition) is 1. The first kappa shape index (κ1) is 15.5. The van der Waals surface area contributed by atoms with E-state index in [2.05, 4.69) is 5.32 Å². The van der Waals surface area contributed by atoms with Crippen molar-refractivity contribution in [2.45, 2.75) is 19.7 Å². The van der Waals surface area contributed by atoms with Crippen molar-refractivity contribution in [2.75, 3.05) is 19.6 Å². The van der Waals surface area contributed by atoms with Crippen LogP contribution in [0.25, 0.3) is 0 Å². The third-order valence-corrected chi connectivity index (χ3v) is 3.04. The van der Waals surface area contributed by atoms with Crippen LogP contribution in [0.4, 0.5) is 0 Å². The molecule has 0 saturated heterocycles. The molecule has 2 amide bonds. The highest BCUT2D eigenvalue weighted by molar-refractivity contribution is 6.17. The van der Waals surface area contributed by atoms with Crippen molar-refractivity contribution in [3.05, 3.63) is 35.4 Å². The Kier molecular flexibility index (Phi) is 6.36. The Morgan fingerprint density at radius 3 is 2.32 bits per heavy atom. The van der Waals surface area contributed by atoms with E-state index in [0.717, 1.165) is 5.56 Å². The minimum atomic E-state index is -0.144. The monoisotopic (exact) mass is 282 g/mol. The van der Waals surface area contributed by atoms with Gasteiger partial charge in [0.15, 0.2) is 0 Å². The van der Waals surface area contributed by atoms with Gasteiger partial charge in [-0.1, -0.05) is 12.1 Å². The number of nitrogens with one attached hydrogen (secondary N) is 1. The van der Waals surface area contributed by atoms with E-state index >= 15 is 0 Å². The van der Waals surface area contributed by atoms with Gasteiger partial charge in [0.2, 0.25) is 5.91 Å².